The summed E-state index contributed by atoms with van der Waals surface area (Å²) in [6.07, 6.45) is -0.984. The molecule has 6 atom stereocenters. The third kappa shape index (κ3) is 8.31. The topological polar surface area (TPSA) is 116 Å². The Morgan fingerprint density at radius 1 is 1.22 bits per heavy atom. The van der Waals surface area contributed by atoms with Crippen LogP contribution in [0.2, 0.25) is 0 Å². The largest absolute Gasteiger partial charge is 0.374 e. The van der Waals surface area contributed by atoms with Crippen molar-refractivity contribution in [3.8, 4) is 0 Å². The first-order valence-corrected chi connectivity index (χ1v) is 16.4. The van der Waals surface area contributed by atoms with E-state index >= 15 is 0 Å². The van der Waals surface area contributed by atoms with Crippen LogP contribution in [0.5, 0.6) is 0 Å². The van der Waals surface area contributed by atoms with Crippen molar-refractivity contribution in [2.75, 3.05) is 39.8 Å². The lowest BCUT2D eigenvalue weighted by atomic mass is 10.00. The highest BCUT2D eigenvalue weighted by atomic mass is 31.2. The smallest absolute Gasteiger partial charge is 0.330 e. The third-order valence-electron chi connectivity index (χ3n) is 6.07. The van der Waals surface area contributed by atoms with E-state index in [1.54, 1.807) is 20.3 Å². The minimum Gasteiger partial charge on any atom is -0.374 e. The van der Waals surface area contributed by atoms with Gasteiger partial charge in [-0.3, -0.25) is 14.3 Å². The van der Waals surface area contributed by atoms with E-state index in [-0.39, 0.29) is 31.2 Å². The van der Waals surface area contributed by atoms with Crippen molar-refractivity contribution in [1.29, 1.82) is 0 Å². The quantitative estimate of drug-likeness (QED) is 0.221. The van der Waals surface area contributed by atoms with Crippen LogP contribution >= 0.6 is 15.7 Å². The van der Waals surface area contributed by atoms with Crippen LogP contribution in [-0.4, -0.2) is 84.4 Å². The molecule has 1 aliphatic heterocycles. The van der Waals surface area contributed by atoms with E-state index in [0.717, 1.165) is 0 Å². The summed E-state index contributed by atoms with van der Waals surface area (Å²) < 4.78 is 41.3. The van der Waals surface area contributed by atoms with Crippen molar-refractivity contribution >= 4 is 15.7 Å². The highest BCUT2D eigenvalue weighted by Gasteiger charge is 2.51. The van der Waals surface area contributed by atoms with Crippen LogP contribution in [0.25, 0.3) is 4.85 Å². The maximum absolute atomic E-state index is 12.8. The Bertz CT molecular complexity index is 1090. The molecule has 1 aromatic rings. The number of hydrogen-bond donors (Lipinski definition) is 1. The number of nitrogens with zero attached hydrogens (tertiary/aromatic N) is 3. The number of ether oxygens (including phenoxy) is 2. The number of rotatable bonds is 13. The molecule has 2 rings (SSSR count). The van der Waals surface area contributed by atoms with Crippen molar-refractivity contribution in [3.63, 3.8) is 0 Å². The molecule has 2 unspecified atom stereocenters. The zero-order valence-electron chi connectivity index (χ0n) is 23.3. The summed E-state index contributed by atoms with van der Waals surface area (Å²) >= 11 is 0. The second-order valence-corrected chi connectivity index (χ2v) is 15.4. The molecule has 0 amide bonds. The molecule has 0 spiro atoms. The number of H-pyrrole nitrogens is 1. The van der Waals surface area contributed by atoms with Crippen molar-refractivity contribution < 1.29 is 23.1 Å². The molecule has 0 saturated carbocycles. The van der Waals surface area contributed by atoms with Gasteiger partial charge in [0.15, 0.2) is 6.23 Å². The number of aromatic amines is 1. The van der Waals surface area contributed by atoms with Crippen molar-refractivity contribution in [1.82, 2.24) is 14.2 Å². The summed E-state index contributed by atoms with van der Waals surface area (Å²) in [4.78, 5) is 30.5. The van der Waals surface area contributed by atoms with E-state index in [4.69, 9.17) is 25.1 Å². The molecule has 1 aliphatic rings. The molecule has 1 aromatic heterocycles. The van der Waals surface area contributed by atoms with E-state index in [1.807, 2.05) is 34.6 Å². The second-order valence-electron chi connectivity index (χ2n) is 10.5. The molecule has 2 heterocycles. The Kier molecular flexibility index (Phi) is 11.7. The average Bonchev–Trinajstić information content (AvgIpc) is 3.12. The molecule has 0 radical (unpaired) electrons. The first-order valence-electron chi connectivity index (χ1n) is 12.5. The van der Waals surface area contributed by atoms with E-state index < -0.39 is 51.5 Å². The summed E-state index contributed by atoms with van der Waals surface area (Å²) in [6, 6.07) is 0.176. The van der Waals surface area contributed by atoms with Gasteiger partial charge in [0.05, 0.1) is 13.2 Å². The third-order valence-corrected chi connectivity index (χ3v) is 9.65. The van der Waals surface area contributed by atoms with Crippen LogP contribution in [-0.2, 0) is 23.1 Å². The van der Waals surface area contributed by atoms with Gasteiger partial charge in [-0.15, -0.1) is 0 Å². The van der Waals surface area contributed by atoms with Crippen molar-refractivity contribution in [2.24, 2.45) is 5.92 Å². The van der Waals surface area contributed by atoms with Crippen LogP contribution in [0, 0.1) is 19.4 Å². The van der Waals surface area contributed by atoms with E-state index in [9.17, 15) is 14.2 Å². The summed E-state index contributed by atoms with van der Waals surface area (Å²) in [5.41, 5.74) is -0.729. The molecule has 13 heteroatoms. The lowest BCUT2D eigenvalue weighted by molar-refractivity contribution is -0.0615. The van der Waals surface area contributed by atoms with Gasteiger partial charge >= 0.3 is 5.69 Å². The van der Waals surface area contributed by atoms with E-state index in [0.29, 0.717) is 11.7 Å². The SMILES string of the molecule is [C-]#[N+]CCOP(O[C@@H]1C([C@@H](C)CP(C)(C)=O)O[C@@H](n2cc(C)c(=O)[nH]c2=O)[C@@H]1OC)N(C(C)C)C(C)C. The highest BCUT2D eigenvalue weighted by molar-refractivity contribution is 7.62. The van der Waals surface area contributed by atoms with Crippen LogP contribution in [0.4, 0.5) is 0 Å². The molecular formula is C24H42N4O7P2. The van der Waals surface area contributed by atoms with Crippen LogP contribution in [0.3, 0.4) is 0 Å². The fraction of sp³-hybridized carbons (Fsp3) is 0.792. The van der Waals surface area contributed by atoms with Gasteiger partial charge in [0.1, 0.15) is 18.8 Å². The second kappa shape index (κ2) is 13.6. The van der Waals surface area contributed by atoms with Crippen LogP contribution in [0.15, 0.2) is 15.8 Å². The zero-order chi connectivity index (χ0) is 28.1. The Labute approximate surface area is 221 Å². The lowest BCUT2D eigenvalue weighted by Gasteiger charge is -2.38. The van der Waals surface area contributed by atoms with Gasteiger partial charge in [0.2, 0.25) is 6.54 Å². The maximum atomic E-state index is 12.8. The molecule has 37 heavy (non-hydrogen) atoms. The fourth-order valence-electron chi connectivity index (χ4n) is 4.68. The lowest BCUT2D eigenvalue weighted by Crippen LogP contribution is -2.42. The van der Waals surface area contributed by atoms with Gasteiger partial charge in [-0.25, -0.2) is 16.0 Å². The highest BCUT2D eigenvalue weighted by Crippen LogP contribution is 2.52. The molecule has 1 saturated heterocycles. The Morgan fingerprint density at radius 3 is 2.35 bits per heavy atom. The zero-order valence-corrected chi connectivity index (χ0v) is 25.1. The van der Waals surface area contributed by atoms with Gasteiger partial charge in [0, 0.05) is 37.1 Å². The van der Waals surface area contributed by atoms with Gasteiger partial charge in [-0.05, 0) is 53.9 Å². The standard InChI is InChI=1S/C24H42N4O7P2/c1-15(2)28(16(3)4)36(33-12-11-25-7)35-20-19(18(6)14-37(9,10)31)34-23(21(20)32-8)27-13-17(5)22(29)26-24(27)30/h13,15-16,18-21,23H,11-12,14H2,1-6,8-10H3,(H,26,29,30)/t18-,19?,20+,21+,23+,36?/m0/s1. The first-order chi connectivity index (χ1) is 17.2. The van der Waals surface area contributed by atoms with Crippen molar-refractivity contribution in [3.05, 3.63) is 44.0 Å². The summed E-state index contributed by atoms with van der Waals surface area (Å²) in [7, 11) is -2.53. The fourth-order valence-corrected chi connectivity index (χ4v) is 8.02. The molecule has 11 nitrogen and oxygen atoms in total. The van der Waals surface area contributed by atoms with Gasteiger partial charge in [0.25, 0.3) is 14.1 Å². The molecular weight excluding hydrogens is 518 g/mol. The first kappa shape index (κ1) is 31.8. The number of aromatic nitrogens is 2. The number of hydrogen-bond acceptors (Lipinski definition) is 8. The Morgan fingerprint density at radius 2 is 1.84 bits per heavy atom. The number of nitrogens with one attached hydrogen (secondary N) is 1. The molecule has 0 aromatic carbocycles. The van der Waals surface area contributed by atoms with E-state index in [1.165, 1.54) is 17.9 Å². The number of methoxy groups -OCH3 is 1. The summed E-state index contributed by atoms with van der Waals surface area (Å²) in [5.74, 6) is -0.195. The Balaban J connectivity index is 2.56. The number of aryl methyl sites for hydroxylation is 1. The van der Waals surface area contributed by atoms with Gasteiger partial charge in [-0.1, -0.05) is 6.92 Å². The van der Waals surface area contributed by atoms with Gasteiger partial charge in [-0.2, -0.15) is 0 Å². The molecule has 0 bridgehead atoms. The summed E-state index contributed by atoms with van der Waals surface area (Å²) in [5, 5.41) is 0. The predicted octanol–water partition coefficient (Wildman–Crippen LogP) is 3.68. The molecule has 1 N–H and O–H groups in total. The molecule has 1 fully saturated rings. The monoisotopic (exact) mass is 560 g/mol. The van der Waals surface area contributed by atoms with Crippen LogP contribution < -0.4 is 11.2 Å². The predicted molar refractivity (Wildman–Crippen MR) is 146 cm³/mol. The molecule has 210 valence electrons. The average molecular weight is 561 g/mol. The Hall–Kier alpha value is -1.37. The minimum absolute atomic E-state index is 0.0880. The van der Waals surface area contributed by atoms with Crippen molar-refractivity contribution in [2.45, 2.75) is 78.2 Å². The normalized spacial score (nSPS) is 24.1. The maximum Gasteiger partial charge on any atom is 0.330 e. The minimum atomic E-state index is -2.41. The van der Waals surface area contributed by atoms with E-state index in [2.05, 4.69) is 14.5 Å². The van der Waals surface area contributed by atoms with Gasteiger partial charge < -0.3 is 27.9 Å². The molecule has 0 aliphatic carbocycles. The summed E-state index contributed by atoms with van der Waals surface area (Å²) in [6.45, 7) is 22.7. The van der Waals surface area contributed by atoms with Crippen LogP contribution in [0.1, 0.15) is 46.4 Å².